The third-order valence-corrected chi connectivity index (χ3v) is 5.01. The van der Waals surface area contributed by atoms with Crippen LogP contribution in [0.25, 0.3) is 22.4 Å². The highest BCUT2D eigenvalue weighted by atomic mass is 19.3. The Bertz CT molecular complexity index is 1050. The maximum atomic E-state index is 13.3. The van der Waals surface area contributed by atoms with Gasteiger partial charge in [-0.3, -0.25) is 9.13 Å². The van der Waals surface area contributed by atoms with Crippen LogP contribution >= 0.6 is 0 Å². The lowest BCUT2D eigenvalue weighted by Crippen LogP contribution is -2.23. The Morgan fingerprint density at radius 2 is 1.96 bits per heavy atom. The van der Waals surface area contributed by atoms with E-state index in [9.17, 15) is 13.6 Å². The molecule has 0 spiro atoms. The first-order valence-corrected chi connectivity index (χ1v) is 8.29. The van der Waals surface area contributed by atoms with Gasteiger partial charge in [0.2, 0.25) is 0 Å². The van der Waals surface area contributed by atoms with E-state index in [-0.39, 0.29) is 18.7 Å². The first kappa shape index (κ1) is 16.0. The van der Waals surface area contributed by atoms with E-state index in [1.807, 2.05) is 32.0 Å². The van der Waals surface area contributed by atoms with Gasteiger partial charge >= 0.3 is 5.69 Å². The van der Waals surface area contributed by atoms with Crippen LogP contribution in [-0.2, 0) is 13.6 Å². The summed E-state index contributed by atoms with van der Waals surface area (Å²) in [6, 6.07) is 9.80. The van der Waals surface area contributed by atoms with E-state index < -0.39 is 11.8 Å². The van der Waals surface area contributed by atoms with Crippen LogP contribution in [0.5, 0.6) is 0 Å². The molecule has 1 aromatic carbocycles. The Labute approximate surface area is 143 Å². The molecule has 0 N–H and O–H groups in total. The van der Waals surface area contributed by atoms with Crippen molar-refractivity contribution in [3.63, 3.8) is 0 Å². The van der Waals surface area contributed by atoms with E-state index in [0.29, 0.717) is 11.2 Å². The molecule has 25 heavy (non-hydrogen) atoms. The van der Waals surface area contributed by atoms with Crippen molar-refractivity contribution in [1.29, 1.82) is 0 Å². The van der Waals surface area contributed by atoms with Crippen LogP contribution in [-0.4, -0.2) is 20.0 Å². The summed E-state index contributed by atoms with van der Waals surface area (Å²) in [6.07, 6.45) is -0.149. The predicted molar refractivity (Wildman–Crippen MR) is 92.9 cm³/mol. The number of alkyl halides is 2. The molecule has 1 unspecified atom stereocenters. The van der Waals surface area contributed by atoms with E-state index in [1.165, 1.54) is 9.13 Å². The Kier molecular flexibility index (Phi) is 3.36. The van der Waals surface area contributed by atoms with Gasteiger partial charge in [-0.1, -0.05) is 17.7 Å². The molecule has 130 valence electrons. The van der Waals surface area contributed by atoms with Crippen molar-refractivity contribution in [2.24, 2.45) is 13.0 Å². The highest BCUT2D eigenvalue weighted by Crippen LogP contribution is 2.49. The molecule has 2 aromatic heterocycles. The molecule has 4 rings (SSSR count). The Morgan fingerprint density at radius 3 is 2.64 bits per heavy atom. The molecule has 0 aliphatic heterocycles. The second-order valence-corrected chi connectivity index (χ2v) is 6.97. The van der Waals surface area contributed by atoms with Gasteiger partial charge in [0.05, 0.1) is 11.2 Å². The van der Waals surface area contributed by atoms with E-state index in [2.05, 4.69) is 11.1 Å². The summed E-state index contributed by atoms with van der Waals surface area (Å²) in [7, 11) is 1.63. The van der Waals surface area contributed by atoms with Crippen molar-refractivity contribution >= 4 is 11.2 Å². The number of hydrogen-bond donors (Lipinski definition) is 0. The molecule has 1 atom stereocenters. The average Bonchev–Trinajstić information content (AvgIpc) is 3.11. The Balaban J connectivity index is 1.83. The topological polar surface area (TPSA) is 39.8 Å². The second kappa shape index (κ2) is 5.25. The fourth-order valence-electron chi connectivity index (χ4n) is 3.30. The van der Waals surface area contributed by atoms with Crippen molar-refractivity contribution in [1.82, 2.24) is 14.1 Å². The molecule has 3 aromatic rings. The van der Waals surface area contributed by atoms with Crippen molar-refractivity contribution in [2.75, 3.05) is 0 Å². The van der Waals surface area contributed by atoms with Gasteiger partial charge in [0.25, 0.3) is 5.92 Å². The molecule has 2 heterocycles. The summed E-state index contributed by atoms with van der Waals surface area (Å²) in [4.78, 5) is 17.1. The van der Waals surface area contributed by atoms with Gasteiger partial charge in [-0.25, -0.2) is 18.6 Å². The normalized spacial score (nSPS) is 18.7. The highest BCUT2D eigenvalue weighted by Gasteiger charge is 2.57. The molecule has 1 aliphatic rings. The van der Waals surface area contributed by atoms with Crippen LogP contribution in [0, 0.1) is 19.8 Å². The van der Waals surface area contributed by atoms with Gasteiger partial charge in [-0.05, 0) is 37.6 Å². The molecule has 0 radical (unpaired) electrons. The monoisotopic (exact) mass is 343 g/mol. The molecule has 0 amide bonds. The van der Waals surface area contributed by atoms with Crippen molar-refractivity contribution < 1.29 is 8.78 Å². The summed E-state index contributed by atoms with van der Waals surface area (Å²) < 4.78 is 29.4. The summed E-state index contributed by atoms with van der Waals surface area (Å²) >= 11 is 0. The minimum absolute atomic E-state index is 0.0354. The molecular formula is C19H19F2N3O. The molecule has 1 aliphatic carbocycles. The van der Waals surface area contributed by atoms with Crippen molar-refractivity contribution in [3.05, 3.63) is 51.9 Å². The minimum atomic E-state index is -2.65. The second-order valence-electron chi connectivity index (χ2n) is 6.97. The number of fused-ring (bicyclic) bond motifs is 1. The Morgan fingerprint density at radius 1 is 1.24 bits per heavy atom. The smallest absolute Gasteiger partial charge is 0.290 e. The van der Waals surface area contributed by atoms with Gasteiger partial charge < -0.3 is 0 Å². The lowest BCUT2D eigenvalue weighted by Gasteiger charge is -2.07. The van der Waals surface area contributed by atoms with Crippen LogP contribution in [0.15, 0.2) is 35.1 Å². The molecule has 6 heteroatoms. The van der Waals surface area contributed by atoms with Crippen LogP contribution in [0.1, 0.15) is 17.5 Å². The maximum absolute atomic E-state index is 13.3. The lowest BCUT2D eigenvalue weighted by molar-refractivity contribution is 0.0951. The van der Waals surface area contributed by atoms with Crippen LogP contribution in [0.2, 0.25) is 0 Å². The fourth-order valence-corrected chi connectivity index (χ4v) is 3.30. The first-order chi connectivity index (χ1) is 11.8. The first-order valence-electron chi connectivity index (χ1n) is 8.29. The van der Waals surface area contributed by atoms with Gasteiger partial charge in [0.1, 0.15) is 0 Å². The molecule has 1 fully saturated rings. The molecule has 4 nitrogen and oxygen atoms in total. The summed E-state index contributed by atoms with van der Waals surface area (Å²) in [5.41, 5.74) is 4.83. The number of benzene rings is 1. The van der Waals surface area contributed by atoms with Crippen LogP contribution in [0.4, 0.5) is 8.78 Å². The van der Waals surface area contributed by atoms with Gasteiger partial charge in [-0.2, -0.15) is 0 Å². The number of aromatic nitrogens is 3. The number of nitrogens with zero attached hydrogens (tertiary/aromatic N) is 3. The number of aryl methyl sites for hydroxylation is 3. The zero-order valence-corrected chi connectivity index (χ0v) is 14.4. The quantitative estimate of drug-likeness (QED) is 0.728. The van der Waals surface area contributed by atoms with E-state index in [1.54, 1.807) is 13.1 Å². The molecule has 0 bridgehead atoms. The lowest BCUT2D eigenvalue weighted by atomic mass is 10.0. The standard InChI is InChI=1S/C19H19F2N3O/c1-11-4-5-12(2)14(8-11)15-6-7-16-17(22-15)23(3)18(25)24(16)10-13-9-19(13,20)21/h4-8,13H,9-10H2,1-3H3. The zero-order chi connectivity index (χ0) is 17.9. The highest BCUT2D eigenvalue weighted by molar-refractivity contribution is 5.77. The molecule has 0 saturated heterocycles. The third-order valence-electron chi connectivity index (χ3n) is 5.01. The number of imidazole rings is 1. The molecular weight excluding hydrogens is 324 g/mol. The third kappa shape index (κ3) is 2.56. The largest absolute Gasteiger partial charge is 0.330 e. The van der Waals surface area contributed by atoms with Gasteiger partial charge in [0, 0.05) is 31.5 Å². The SMILES string of the molecule is Cc1ccc(C)c(-c2ccc3c(n2)n(C)c(=O)n3CC2CC2(F)F)c1. The zero-order valence-electron chi connectivity index (χ0n) is 14.4. The fraction of sp³-hybridized carbons (Fsp3) is 0.368. The predicted octanol–water partition coefficient (Wildman–Crippen LogP) is 3.67. The minimum Gasteiger partial charge on any atom is -0.290 e. The number of rotatable bonds is 3. The molecule has 1 saturated carbocycles. The number of halogens is 2. The summed E-state index contributed by atoms with van der Waals surface area (Å²) in [5, 5.41) is 0. The van der Waals surface area contributed by atoms with Gasteiger partial charge in [0.15, 0.2) is 5.65 Å². The Hall–Kier alpha value is -2.50. The number of hydrogen-bond acceptors (Lipinski definition) is 2. The average molecular weight is 343 g/mol. The van der Waals surface area contributed by atoms with E-state index >= 15 is 0 Å². The van der Waals surface area contributed by atoms with E-state index in [0.717, 1.165) is 22.4 Å². The van der Waals surface area contributed by atoms with Crippen LogP contribution < -0.4 is 5.69 Å². The maximum Gasteiger partial charge on any atom is 0.330 e. The van der Waals surface area contributed by atoms with Gasteiger partial charge in [-0.15, -0.1) is 0 Å². The summed E-state index contributed by atoms with van der Waals surface area (Å²) in [5.74, 6) is -3.40. The summed E-state index contributed by atoms with van der Waals surface area (Å²) in [6.45, 7) is 4.07. The number of pyridine rings is 1. The van der Waals surface area contributed by atoms with Crippen molar-refractivity contribution in [3.8, 4) is 11.3 Å². The van der Waals surface area contributed by atoms with E-state index in [4.69, 9.17) is 0 Å². The van der Waals surface area contributed by atoms with Crippen molar-refractivity contribution in [2.45, 2.75) is 32.7 Å². The van der Waals surface area contributed by atoms with Crippen LogP contribution in [0.3, 0.4) is 0 Å².